The van der Waals surface area contributed by atoms with Crippen LogP contribution in [0.2, 0.25) is 0 Å². The minimum atomic E-state index is -3.48. The van der Waals surface area contributed by atoms with Crippen molar-refractivity contribution < 1.29 is 23.3 Å². The average molecular weight is 491 g/mol. The first-order valence-electron chi connectivity index (χ1n) is 11.3. The fourth-order valence-corrected chi connectivity index (χ4v) is 5.48. The van der Waals surface area contributed by atoms with Crippen LogP contribution in [-0.4, -0.2) is 57.5 Å². The number of hydrogen-bond donors (Lipinski definition) is 2. The molecule has 3 aromatic rings. The van der Waals surface area contributed by atoms with E-state index in [4.69, 9.17) is 24.5 Å². The molecule has 1 aromatic carbocycles. The van der Waals surface area contributed by atoms with Gasteiger partial charge >= 0.3 is 7.52 Å². The molecule has 184 valence electrons. The lowest BCUT2D eigenvalue weighted by atomic mass is 10.3. The van der Waals surface area contributed by atoms with Gasteiger partial charge in [-0.15, -0.1) is 0 Å². The van der Waals surface area contributed by atoms with Gasteiger partial charge in [-0.25, -0.2) is 20.0 Å². The Morgan fingerprint density at radius 1 is 1.18 bits per heavy atom. The second-order valence-electron chi connectivity index (χ2n) is 8.25. The third kappa shape index (κ3) is 6.31. The quantitative estimate of drug-likeness (QED) is 0.408. The van der Waals surface area contributed by atoms with E-state index < -0.39 is 13.8 Å². The predicted molar refractivity (Wildman–Crippen MR) is 127 cm³/mol. The van der Waals surface area contributed by atoms with E-state index in [0.717, 1.165) is 12.8 Å². The second kappa shape index (κ2) is 11.2. The molecule has 1 fully saturated rings. The van der Waals surface area contributed by atoms with Crippen molar-refractivity contribution in [1.82, 2.24) is 24.6 Å². The van der Waals surface area contributed by atoms with Crippen molar-refractivity contribution in [3.05, 3.63) is 43.0 Å². The van der Waals surface area contributed by atoms with E-state index in [9.17, 15) is 4.57 Å². The summed E-state index contributed by atoms with van der Waals surface area (Å²) in [5, 5.41) is 3.09. The zero-order chi connectivity index (χ0) is 24.0. The Hall–Kier alpha value is -2.56. The highest BCUT2D eigenvalue weighted by atomic mass is 31.2. The summed E-state index contributed by atoms with van der Waals surface area (Å²) in [6.45, 7) is 5.37. The molecule has 0 amide bonds. The maximum atomic E-state index is 13.9. The van der Waals surface area contributed by atoms with Gasteiger partial charge in [0, 0.05) is 13.2 Å². The number of ether oxygens (including phenoxy) is 3. The van der Waals surface area contributed by atoms with Gasteiger partial charge in [-0.1, -0.05) is 18.2 Å². The van der Waals surface area contributed by atoms with E-state index in [-0.39, 0.29) is 18.5 Å². The number of nitrogens with zero attached hydrogens (tertiary/aromatic N) is 4. The normalized spacial score (nSPS) is 18.8. The molecule has 3 atom stereocenters. The topological polar surface area (TPSA) is 136 Å². The van der Waals surface area contributed by atoms with Gasteiger partial charge in [0.15, 0.2) is 17.8 Å². The van der Waals surface area contributed by atoms with E-state index >= 15 is 0 Å². The van der Waals surface area contributed by atoms with Crippen LogP contribution < -0.4 is 15.3 Å². The fraction of sp³-hybridized carbons (Fsp3) is 0.500. The number of anilines is 1. The van der Waals surface area contributed by atoms with Crippen molar-refractivity contribution in [2.24, 2.45) is 0 Å². The number of aromatic nitrogens is 4. The molecule has 34 heavy (non-hydrogen) atoms. The molecule has 0 aliphatic carbocycles. The highest BCUT2D eigenvalue weighted by molar-refractivity contribution is 7.57. The van der Waals surface area contributed by atoms with Crippen molar-refractivity contribution in [3.8, 4) is 5.75 Å². The van der Waals surface area contributed by atoms with E-state index in [1.165, 1.54) is 6.33 Å². The molecule has 11 nitrogen and oxygen atoms in total. The van der Waals surface area contributed by atoms with Gasteiger partial charge in [-0.2, -0.15) is 0 Å². The van der Waals surface area contributed by atoms with Gasteiger partial charge in [0.1, 0.15) is 23.9 Å². The minimum Gasteiger partial charge on any atom is -0.431 e. The smallest absolute Gasteiger partial charge is 0.342 e. The average Bonchev–Trinajstić information content (AvgIpc) is 3.04. The molecule has 0 unspecified atom stereocenters. The molecule has 12 heteroatoms. The fourth-order valence-electron chi connectivity index (χ4n) is 3.64. The Morgan fingerprint density at radius 2 is 1.91 bits per heavy atom. The van der Waals surface area contributed by atoms with Crippen molar-refractivity contribution >= 4 is 24.5 Å². The molecule has 0 spiro atoms. The van der Waals surface area contributed by atoms with Gasteiger partial charge in [0.2, 0.25) is 0 Å². The van der Waals surface area contributed by atoms with Crippen LogP contribution in [0.25, 0.3) is 11.2 Å². The highest BCUT2D eigenvalue weighted by Gasteiger charge is 2.33. The van der Waals surface area contributed by atoms with Gasteiger partial charge in [0.25, 0.3) is 0 Å². The highest BCUT2D eigenvalue weighted by Crippen LogP contribution is 2.44. The first kappa shape index (κ1) is 24.6. The van der Waals surface area contributed by atoms with Crippen LogP contribution in [0.5, 0.6) is 5.75 Å². The first-order valence-corrected chi connectivity index (χ1v) is 13.1. The molecular weight excluding hydrogens is 459 g/mol. The number of benzene rings is 1. The number of nitrogens with one attached hydrogen (secondary N) is 1. The number of nitrogen functional groups attached to an aromatic ring is 1. The lowest BCUT2D eigenvalue weighted by Gasteiger charge is -2.29. The van der Waals surface area contributed by atoms with Gasteiger partial charge < -0.3 is 29.0 Å². The predicted octanol–water partition coefficient (Wildman–Crippen LogP) is 3.17. The second-order valence-corrected chi connectivity index (χ2v) is 10.3. The van der Waals surface area contributed by atoms with Gasteiger partial charge in [-0.3, -0.25) is 4.57 Å². The summed E-state index contributed by atoms with van der Waals surface area (Å²) in [7, 11) is -3.48. The van der Waals surface area contributed by atoms with Crippen molar-refractivity contribution in [2.75, 3.05) is 25.3 Å². The number of nitrogens with two attached hydrogens (primary N) is 1. The van der Waals surface area contributed by atoms with Crippen LogP contribution in [0.3, 0.4) is 0 Å². The number of rotatable bonds is 10. The minimum absolute atomic E-state index is 0.149. The lowest BCUT2D eigenvalue weighted by Crippen LogP contribution is -2.40. The summed E-state index contributed by atoms with van der Waals surface area (Å²) in [5.74, 6) is 0.802. The standard InChI is InChI=1S/C22H31N6O5P/c1-16(12-28-14-26-19-20(23)24-13-25-21(19)28)32-15-34(29,33-18-8-4-3-5-9-18)27-17(2)22-30-10-6-7-11-31-22/h3-5,8-9,13-14,16-17,22H,6-7,10-12,15H2,1-2H3,(H,27,29)(H2,23,24,25)/t16-,17+,34+/m0/s1. The van der Waals surface area contributed by atoms with Gasteiger partial charge in [0.05, 0.1) is 25.0 Å². The zero-order valence-corrected chi connectivity index (χ0v) is 20.3. The summed E-state index contributed by atoms with van der Waals surface area (Å²) in [6.07, 6.45) is 3.91. The van der Waals surface area contributed by atoms with Crippen LogP contribution in [0.4, 0.5) is 5.82 Å². The molecule has 0 radical (unpaired) electrons. The molecule has 3 heterocycles. The Bertz CT molecular complexity index is 1110. The van der Waals surface area contributed by atoms with Crippen molar-refractivity contribution in [3.63, 3.8) is 0 Å². The van der Waals surface area contributed by atoms with Crippen LogP contribution in [-0.2, 0) is 25.3 Å². The Morgan fingerprint density at radius 3 is 2.65 bits per heavy atom. The molecule has 4 rings (SSSR count). The number of fused-ring (bicyclic) bond motifs is 1. The summed E-state index contributed by atoms with van der Waals surface area (Å²) in [5.41, 5.74) is 7.01. The Balaban J connectivity index is 1.43. The third-order valence-corrected chi connectivity index (χ3v) is 7.12. The molecular formula is C22H31N6O5P. The molecule has 1 saturated heterocycles. The molecule has 0 saturated carbocycles. The van der Waals surface area contributed by atoms with Crippen LogP contribution in [0, 0.1) is 0 Å². The van der Waals surface area contributed by atoms with Crippen LogP contribution >= 0.6 is 7.52 Å². The van der Waals surface area contributed by atoms with Crippen LogP contribution in [0.15, 0.2) is 43.0 Å². The SMILES string of the molecule is C[C@@H](Cn1cnc2c(N)ncnc21)OC[P@](=O)(N[C@H](C)C1OCCCCO1)Oc1ccccc1. The molecule has 3 N–H and O–H groups in total. The molecule has 1 aliphatic heterocycles. The van der Waals surface area contributed by atoms with Gasteiger partial charge in [-0.05, 0) is 38.8 Å². The van der Waals surface area contributed by atoms with E-state index in [1.54, 1.807) is 18.5 Å². The van der Waals surface area contributed by atoms with Crippen molar-refractivity contribution in [2.45, 2.75) is 51.7 Å². The maximum Gasteiger partial charge on any atom is 0.342 e. The largest absolute Gasteiger partial charge is 0.431 e. The zero-order valence-electron chi connectivity index (χ0n) is 19.4. The number of hydrogen-bond acceptors (Lipinski definition) is 9. The molecule has 2 aromatic heterocycles. The summed E-state index contributed by atoms with van der Waals surface area (Å²) >= 11 is 0. The molecule has 1 aliphatic rings. The monoisotopic (exact) mass is 490 g/mol. The van der Waals surface area contributed by atoms with E-state index in [2.05, 4.69) is 20.0 Å². The number of para-hydroxylation sites is 1. The summed E-state index contributed by atoms with van der Waals surface area (Å²) < 4.78 is 39.1. The van der Waals surface area contributed by atoms with Crippen molar-refractivity contribution in [1.29, 1.82) is 0 Å². The Labute approximate surface area is 198 Å². The first-order chi connectivity index (χ1) is 16.4. The van der Waals surface area contributed by atoms with E-state index in [0.29, 0.717) is 42.5 Å². The molecule has 0 bridgehead atoms. The summed E-state index contributed by atoms with van der Waals surface area (Å²) in [4.78, 5) is 12.5. The number of imidazole rings is 1. The van der Waals surface area contributed by atoms with Crippen LogP contribution in [0.1, 0.15) is 26.7 Å². The third-order valence-electron chi connectivity index (χ3n) is 5.32. The lowest BCUT2D eigenvalue weighted by molar-refractivity contribution is -0.138. The maximum absolute atomic E-state index is 13.9. The Kier molecular flexibility index (Phi) is 8.12. The summed E-state index contributed by atoms with van der Waals surface area (Å²) in [6, 6.07) is 8.64. The van der Waals surface area contributed by atoms with E-state index in [1.807, 2.05) is 36.6 Å².